The van der Waals surface area contributed by atoms with Gasteiger partial charge in [-0.05, 0) is 24.5 Å². The van der Waals surface area contributed by atoms with E-state index < -0.39 is 0 Å². The number of pyridine rings is 1. The van der Waals surface area contributed by atoms with Gasteiger partial charge in [0.2, 0.25) is 6.54 Å². The lowest BCUT2D eigenvalue weighted by Gasteiger charge is -2.21. The molecular weight excluding hydrogens is 242 g/mol. The Bertz CT molecular complexity index is 445. The van der Waals surface area contributed by atoms with Gasteiger partial charge < -0.3 is 0 Å². The van der Waals surface area contributed by atoms with E-state index >= 15 is 0 Å². The zero-order valence-corrected chi connectivity index (χ0v) is 9.93. The number of hydrogen-bond donors (Lipinski definition) is 0. The Morgan fingerprint density at radius 1 is 1.53 bits per heavy atom. The molecule has 0 bridgehead atoms. The van der Waals surface area contributed by atoms with E-state index in [1.165, 1.54) is 0 Å². The summed E-state index contributed by atoms with van der Waals surface area (Å²) in [6.45, 7) is 0.494. The fraction of sp³-hybridized carbons (Fsp3) is 0.455. The van der Waals surface area contributed by atoms with Crippen LogP contribution in [0.15, 0.2) is 23.3 Å². The van der Waals surface area contributed by atoms with Gasteiger partial charge in [0, 0.05) is 23.6 Å². The van der Waals surface area contributed by atoms with Crippen molar-refractivity contribution in [2.75, 3.05) is 13.1 Å². The molecule has 2 heterocycles. The molecule has 6 heteroatoms. The number of nitrogens with zero attached hydrogens (tertiary/aromatic N) is 3. The molecule has 0 amide bonds. The highest BCUT2D eigenvalue weighted by Crippen LogP contribution is 2.26. The fourth-order valence-corrected chi connectivity index (χ4v) is 2.15. The highest BCUT2D eigenvalue weighted by Gasteiger charge is 2.24. The maximum absolute atomic E-state index is 10.6. The third-order valence-electron chi connectivity index (χ3n) is 2.81. The van der Waals surface area contributed by atoms with Crippen LogP contribution in [0.25, 0.3) is 0 Å². The molecule has 1 unspecified atom stereocenters. The molecule has 0 spiro atoms. The first-order chi connectivity index (χ1) is 8.16. The maximum atomic E-state index is 10.6. The van der Waals surface area contributed by atoms with Crippen molar-refractivity contribution in [3.8, 4) is 0 Å². The summed E-state index contributed by atoms with van der Waals surface area (Å²) in [4.78, 5) is 18.5. The molecule has 1 aromatic rings. The monoisotopic (exact) mass is 253 g/mol. The van der Waals surface area contributed by atoms with Crippen LogP contribution >= 0.6 is 11.6 Å². The summed E-state index contributed by atoms with van der Waals surface area (Å²) in [5.41, 5.74) is 1.60. The van der Waals surface area contributed by atoms with E-state index in [9.17, 15) is 10.1 Å². The molecular formula is C11H12ClN3O2. The predicted molar refractivity (Wildman–Crippen MR) is 65.4 cm³/mol. The Hall–Kier alpha value is -1.49. The van der Waals surface area contributed by atoms with Crippen LogP contribution < -0.4 is 0 Å². The number of rotatable bonds is 3. The molecule has 90 valence electrons. The van der Waals surface area contributed by atoms with Crippen molar-refractivity contribution in [3.63, 3.8) is 0 Å². The van der Waals surface area contributed by atoms with Crippen LogP contribution in [0.3, 0.4) is 0 Å². The van der Waals surface area contributed by atoms with Gasteiger partial charge in [0.25, 0.3) is 0 Å². The normalized spacial score (nSPS) is 19.8. The number of aliphatic imine (C=N–C) groups is 1. The van der Waals surface area contributed by atoms with Crippen molar-refractivity contribution >= 4 is 17.3 Å². The zero-order valence-electron chi connectivity index (χ0n) is 9.17. The second-order valence-electron chi connectivity index (χ2n) is 3.97. The minimum atomic E-state index is -0.333. The second kappa shape index (κ2) is 5.23. The van der Waals surface area contributed by atoms with Gasteiger partial charge in [0.05, 0.1) is 5.71 Å². The molecule has 0 radical (unpaired) electrons. The van der Waals surface area contributed by atoms with Crippen LogP contribution in [0.1, 0.15) is 24.3 Å². The third-order valence-corrected chi connectivity index (χ3v) is 3.04. The molecule has 1 aliphatic rings. The summed E-state index contributed by atoms with van der Waals surface area (Å²) < 4.78 is 0. The minimum absolute atomic E-state index is 0.0129. The summed E-state index contributed by atoms with van der Waals surface area (Å²) >= 11 is 5.72. The van der Waals surface area contributed by atoms with Gasteiger partial charge in [-0.15, -0.1) is 0 Å². The SMILES string of the molecule is O=[N+]([O-])CC1=NCCCC1c1ccc(Cl)nc1. The highest BCUT2D eigenvalue weighted by molar-refractivity contribution is 6.29. The van der Waals surface area contributed by atoms with Gasteiger partial charge >= 0.3 is 0 Å². The van der Waals surface area contributed by atoms with Gasteiger partial charge in [-0.2, -0.15) is 0 Å². The molecule has 2 rings (SSSR count). The van der Waals surface area contributed by atoms with Gasteiger partial charge in [-0.25, -0.2) is 4.98 Å². The molecule has 17 heavy (non-hydrogen) atoms. The average molecular weight is 254 g/mol. The quantitative estimate of drug-likeness (QED) is 0.472. The van der Waals surface area contributed by atoms with Crippen molar-refractivity contribution in [1.82, 2.24) is 4.98 Å². The summed E-state index contributed by atoms with van der Waals surface area (Å²) in [6.07, 6.45) is 3.51. The minimum Gasteiger partial charge on any atom is -0.287 e. The molecule has 0 saturated heterocycles. The largest absolute Gasteiger partial charge is 0.287 e. The summed E-state index contributed by atoms with van der Waals surface area (Å²) in [6, 6.07) is 3.57. The van der Waals surface area contributed by atoms with E-state index in [1.54, 1.807) is 12.3 Å². The summed E-state index contributed by atoms with van der Waals surface area (Å²) in [5, 5.41) is 11.0. The molecule has 1 atom stereocenters. The standard InChI is InChI=1S/C11H12ClN3O2/c12-11-4-3-8(6-14-11)9-2-1-5-13-10(9)7-15(16)17/h3-4,6,9H,1-2,5,7H2. The summed E-state index contributed by atoms with van der Waals surface area (Å²) in [7, 11) is 0. The van der Waals surface area contributed by atoms with E-state index in [0.29, 0.717) is 17.4 Å². The smallest absolute Gasteiger partial charge is 0.241 e. The first-order valence-corrected chi connectivity index (χ1v) is 5.81. The van der Waals surface area contributed by atoms with Crippen LogP contribution in [0.2, 0.25) is 5.15 Å². The molecule has 0 N–H and O–H groups in total. The first-order valence-electron chi connectivity index (χ1n) is 5.43. The van der Waals surface area contributed by atoms with E-state index in [0.717, 1.165) is 18.4 Å². The molecule has 0 aromatic carbocycles. The lowest BCUT2D eigenvalue weighted by Crippen LogP contribution is -2.25. The Balaban J connectivity index is 2.23. The van der Waals surface area contributed by atoms with Crippen molar-refractivity contribution in [2.24, 2.45) is 4.99 Å². The molecule has 1 aliphatic heterocycles. The molecule has 0 fully saturated rings. The van der Waals surface area contributed by atoms with Crippen LogP contribution in [0, 0.1) is 10.1 Å². The lowest BCUT2D eigenvalue weighted by molar-refractivity contribution is -0.463. The molecule has 0 saturated carbocycles. The Kier molecular flexibility index (Phi) is 3.68. The second-order valence-corrected chi connectivity index (χ2v) is 4.36. The fourth-order valence-electron chi connectivity index (χ4n) is 2.04. The number of halogens is 1. The summed E-state index contributed by atoms with van der Waals surface area (Å²) in [5.74, 6) is 0.0129. The van der Waals surface area contributed by atoms with Crippen molar-refractivity contribution < 1.29 is 4.92 Å². The van der Waals surface area contributed by atoms with Crippen molar-refractivity contribution in [1.29, 1.82) is 0 Å². The predicted octanol–water partition coefficient (Wildman–Crippen LogP) is 2.33. The number of aromatic nitrogens is 1. The van der Waals surface area contributed by atoms with E-state index in [2.05, 4.69) is 9.98 Å². The molecule has 0 aliphatic carbocycles. The Labute approximate surface area is 104 Å². The maximum Gasteiger partial charge on any atom is 0.241 e. The van der Waals surface area contributed by atoms with E-state index in [1.807, 2.05) is 6.07 Å². The highest BCUT2D eigenvalue weighted by atomic mass is 35.5. The van der Waals surface area contributed by atoms with Crippen molar-refractivity contribution in [2.45, 2.75) is 18.8 Å². The van der Waals surface area contributed by atoms with E-state index in [4.69, 9.17) is 11.6 Å². The zero-order chi connectivity index (χ0) is 12.3. The van der Waals surface area contributed by atoms with Crippen LogP contribution in [0.5, 0.6) is 0 Å². The first kappa shape index (κ1) is 12.0. The van der Waals surface area contributed by atoms with Gasteiger partial charge in [0.1, 0.15) is 5.15 Å². The lowest BCUT2D eigenvalue weighted by atomic mass is 9.88. The molecule has 5 nitrogen and oxygen atoms in total. The van der Waals surface area contributed by atoms with Crippen LogP contribution in [0.4, 0.5) is 0 Å². The topological polar surface area (TPSA) is 68.4 Å². The third kappa shape index (κ3) is 3.00. The van der Waals surface area contributed by atoms with Gasteiger partial charge in [-0.1, -0.05) is 17.7 Å². The Morgan fingerprint density at radius 3 is 3.00 bits per heavy atom. The Morgan fingerprint density at radius 2 is 2.35 bits per heavy atom. The van der Waals surface area contributed by atoms with Gasteiger partial charge in [0.15, 0.2) is 0 Å². The number of hydrogen-bond acceptors (Lipinski definition) is 4. The average Bonchev–Trinajstić information content (AvgIpc) is 2.30. The van der Waals surface area contributed by atoms with Gasteiger partial charge in [-0.3, -0.25) is 15.1 Å². The van der Waals surface area contributed by atoms with Crippen molar-refractivity contribution in [3.05, 3.63) is 39.2 Å². The molecule has 1 aromatic heterocycles. The van der Waals surface area contributed by atoms with E-state index in [-0.39, 0.29) is 17.4 Å². The van der Waals surface area contributed by atoms with Crippen LogP contribution in [-0.4, -0.2) is 28.7 Å². The van der Waals surface area contributed by atoms with Crippen LogP contribution in [-0.2, 0) is 0 Å². The number of nitro groups is 1.